The number of nitrogens with zero attached hydrogens (tertiary/aromatic N) is 2. The average molecular weight is 394 g/mol. The van der Waals surface area contributed by atoms with Gasteiger partial charge in [-0.25, -0.2) is 0 Å². The number of aryl methyl sites for hydroxylation is 1. The van der Waals surface area contributed by atoms with Crippen LogP contribution in [-0.4, -0.2) is 22.2 Å². The Morgan fingerprint density at radius 2 is 1.79 bits per heavy atom. The van der Waals surface area contributed by atoms with Crippen molar-refractivity contribution in [3.05, 3.63) is 15.9 Å². The topological polar surface area (TPSA) is 46.9 Å². The van der Waals surface area contributed by atoms with E-state index in [-0.39, 0.29) is 11.9 Å². The van der Waals surface area contributed by atoms with E-state index in [1.54, 1.807) is 0 Å². The lowest BCUT2D eigenvalue weighted by molar-refractivity contribution is -0.126. The Morgan fingerprint density at radius 3 is 2.25 bits per heavy atom. The minimum absolute atomic E-state index is 0.101. The van der Waals surface area contributed by atoms with Crippen LogP contribution in [0.1, 0.15) is 62.9 Å². The van der Waals surface area contributed by atoms with Gasteiger partial charge in [0.25, 0.3) is 0 Å². The molecule has 1 aromatic heterocycles. The van der Waals surface area contributed by atoms with Crippen LogP contribution in [-0.2, 0) is 4.79 Å². The van der Waals surface area contributed by atoms with Gasteiger partial charge in [0.1, 0.15) is 6.04 Å². The van der Waals surface area contributed by atoms with Gasteiger partial charge < -0.3 is 5.32 Å². The lowest BCUT2D eigenvalue weighted by atomic mass is 9.49. The van der Waals surface area contributed by atoms with E-state index in [1.807, 2.05) is 25.5 Å². The van der Waals surface area contributed by atoms with Crippen molar-refractivity contribution < 1.29 is 4.79 Å². The van der Waals surface area contributed by atoms with Crippen molar-refractivity contribution in [1.82, 2.24) is 15.1 Å². The van der Waals surface area contributed by atoms with Gasteiger partial charge in [0.15, 0.2) is 0 Å². The minimum Gasteiger partial charge on any atom is -0.354 e. The van der Waals surface area contributed by atoms with Gasteiger partial charge in [0.2, 0.25) is 5.91 Å². The molecule has 1 N–H and O–H groups in total. The Bertz CT molecular complexity index is 631. The van der Waals surface area contributed by atoms with Crippen LogP contribution >= 0.6 is 15.9 Å². The number of amides is 1. The fourth-order valence-corrected chi connectivity index (χ4v) is 6.32. The first-order chi connectivity index (χ1) is 11.4. The first-order valence-electron chi connectivity index (χ1n) is 9.36. The second-order valence-electron chi connectivity index (χ2n) is 8.74. The Balaban J connectivity index is 1.42. The molecule has 1 heterocycles. The maximum atomic E-state index is 12.7. The van der Waals surface area contributed by atoms with Crippen LogP contribution in [0.4, 0.5) is 0 Å². The molecule has 4 bridgehead atoms. The largest absolute Gasteiger partial charge is 0.354 e. The first-order valence-corrected chi connectivity index (χ1v) is 10.1. The number of hydrogen-bond donors (Lipinski definition) is 1. The highest BCUT2D eigenvalue weighted by molar-refractivity contribution is 9.10. The van der Waals surface area contributed by atoms with Crippen LogP contribution in [0.2, 0.25) is 0 Å². The maximum Gasteiger partial charge on any atom is 0.244 e. The molecule has 4 aliphatic carbocycles. The molecule has 5 heteroatoms. The van der Waals surface area contributed by atoms with Crippen molar-refractivity contribution in [2.24, 2.45) is 23.2 Å². The van der Waals surface area contributed by atoms with Crippen LogP contribution in [0, 0.1) is 37.0 Å². The normalized spacial score (nSPS) is 35.2. The molecule has 0 radical (unpaired) electrons. The molecule has 132 valence electrons. The Kier molecular flexibility index (Phi) is 4.06. The summed E-state index contributed by atoms with van der Waals surface area (Å²) in [5.41, 5.74) is 2.35. The second-order valence-corrected chi connectivity index (χ2v) is 9.53. The summed E-state index contributed by atoms with van der Waals surface area (Å²) < 4.78 is 2.84. The Hall–Kier alpha value is -0.840. The molecule has 24 heavy (non-hydrogen) atoms. The standard InChI is InChI=1S/C19H28BrN3O/c1-11-17(20)12(2)23(22-11)13(3)18(24)21-10-19-7-14-4-15(8-19)6-16(5-14)9-19/h13-16H,4-10H2,1-3H3,(H,21,24). The Morgan fingerprint density at radius 1 is 1.25 bits per heavy atom. The fourth-order valence-electron chi connectivity index (χ4n) is 6.06. The summed E-state index contributed by atoms with van der Waals surface area (Å²) in [7, 11) is 0. The molecule has 0 aliphatic heterocycles. The molecule has 5 rings (SSSR count). The zero-order valence-corrected chi connectivity index (χ0v) is 16.5. The second kappa shape index (κ2) is 5.86. The molecule has 1 amide bonds. The van der Waals surface area contributed by atoms with Gasteiger partial charge in [-0.15, -0.1) is 0 Å². The summed E-state index contributed by atoms with van der Waals surface area (Å²) in [6.45, 7) is 6.78. The summed E-state index contributed by atoms with van der Waals surface area (Å²) in [5.74, 6) is 2.89. The van der Waals surface area contributed by atoms with Crippen molar-refractivity contribution >= 4 is 21.8 Å². The molecule has 0 aromatic carbocycles. The van der Waals surface area contributed by atoms with Gasteiger partial charge in [-0.2, -0.15) is 5.10 Å². The summed E-state index contributed by atoms with van der Waals surface area (Å²) in [6, 6.07) is -0.260. The zero-order chi connectivity index (χ0) is 17.1. The molecular weight excluding hydrogens is 366 g/mol. The average Bonchev–Trinajstić information content (AvgIpc) is 2.78. The van der Waals surface area contributed by atoms with E-state index >= 15 is 0 Å². The number of halogens is 1. The molecule has 1 unspecified atom stereocenters. The smallest absolute Gasteiger partial charge is 0.244 e. The molecule has 4 fully saturated rings. The predicted molar refractivity (Wildman–Crippen MR) is 97.7 cm³/mol. The van der Waals surface area contributed by atoms with Crippen LogP contribution in [0.5, 0.6) is 0 Å². The summed E-state index contributed by atoms with van der Waals surface area (Å²) >= 11 is 3.55. The quantitative estimate of drug-likeness (QED) is 0.834. The summed E-state index contributed by atoms with van der Waals surface area (Å²) in [4.78, 5) is 12.7. The van der Waals surface area contributed by atoms with Crippen LogP contribution < -0.4 is 5.32 Å². The van der Waals surface area contributed by atoms with Gasteiger partial charge in [0.05, 0.1) is 15.9 Å². The molecule has 4 saturated carbocycles. The minimum atomic E-state index is -0.260. The lowest BCUT2D eigenvalue weighted by Crippen LogP contribution is -2.51. The van der Waals surface area contributed by atoms with E-state index in [2.05, 4.69) is 26.3 Å². The van der Waals surface area contributed by atoms with Gasteiger partial charge in [-0.05, 0) is 98.4 Å². The van der Waals surface area contributed by atoms with Crippen LogP contribution in [0.15, 0.2) is 4.47 Å². The highest BCUT2D eigenvalue weighted by Gasteiger charge is 2.50. The lowest BCUT2D eigenvalue weighted by Gasteiger charge is -2.57. The summed E-state index contributed by atoms with van der Waals surface area (Å²) in [6.07, 6.45) is 8.34. The highest BCUT2D eigenvalue weighted by atomic mass is 79.9. The molecule has 1 aromatic rings. The number of rotatable bonds is 4. The van der Waals surface area contributed by atoms with Crippen molar-refractivity contribution in [2.45, 2.75) is 65.3 Å². The van der Waals surface area contributed by atoms with E-state index in [0.29, 0.717) is 5.41 Å². The molecule has 0 spiro atoms. The summed E-state index contributed by atoms with van der Waals surface area (Å²) in [5, 5.41) is 7.79. The maximum absolute atomic E-state index is 12.7. The van der Waals surface area contributed by atoms with E-state index in [4.69, 9.17) is 0 Å². The molecule has 4 nitrogen and oxygen atoms in total. The molecular formula is C19H28BrN3O. The number of carbonyl (C=O) groups is 1. The van der Waals surface area contributed by atoms with E-state index < -0.39 is 0 Å². The SMILES string of the molecule is Cc1nn(C(C)C(=O)NCC23CC4CC(CC(C4)C2)C3)c(C)c1Br. The predicted octanol–water partition coefficient (Wildman–Crippen LogP) is 4.16. The van der Waals surface area contributed by atoms with E-state index in [1.165, 1.54) is 38.5 Å². The number of hydrogen-bond acceptors (Lipinski definition) is 2. The van der Waals surface area contributed by atoms with Crippen LogP contribution in [0.3, 0.4) is 0 Å². The monoisotopic (exact) mass is 393 g/mol. The number of aromatic nitrogens is 2. The number of nitrogens with one attached hydrogen (secondary N) is 1. The third-order valence-electron chi connectivity index (χ3n) is 6.79. The van der Waals surface area contributed by atoms with Crippen molar-refractivity contribution in [1.29, 1.82) is 0 Å². The van der Waals surface area contributed by atoms with Gasteiger partial charge >= 0.3 is 0 Å². The van der Waals surface area contributed by atoms with Crippen molar-refractivity contribution in [2.75, 3.05) is 6.54 Å². The molecule has 1 atom stereocenters. The molecule has 4 aliphatic rings. The van der Waals surface area contributed by atoms with E-state index in [0.717, 1.165) is 40.2 Å². The highest BCUT2D eigenvalue weighted by Crippen LogP contribution is 2.59. The fraction of sp³-hybridized carbons (Fsp3) is 0.789. The van der Waals surface area contributed by atoms with Gasteiger partial charge in [0, 0.05) is 6.54 Å². The molecule has 0 saturated heterocycles. The van der Waals surface area contributed by atoms with Gasteiger partial charge in [-0.1, -0.05) is 0 Å². The first kappa shape index (κ1) is 16.6. The Labute approximate surface area is 152 Å². The third-order valence-corrected chi connectivity index (χ3v) is 7.93. The van der Waals surface area contributed by atoms with E-state index in [9.17, 15) is 4.79 Å². The van der Waals surface area contributed by atoms with Gasteiger partial charge in [-0.3, -0.25) is 9.48 Å². The third kappa shape index (κ3) is 2.73. The van der Waals surface area contributed by atoms with Crippen molar-refractivity contribution in [3.63, 3.8) is 0 Å². The van der Waals surface area contributed by atoms with Crippen LogP contribution in [0.25, 0.3) is 0 Å². The van der Waals surface area contributed by atoms with Crippen molar-refractivity contribution in [3.8, 4) is 0 Å². The number of carbonyl (C=O) groups excluding carboxylic acids is 1. The zero-order valence-electron chi connectivity index (χ0n) is 14.9.